The molecule has 52 heavy (non-hydrogen) atoms. The summed E-state index contributed by atoms with van der Waals surface area (Å²) in [4.78, 5) is 2.49. The van der Waals surface area contributed by atoms with Crippen molar-refractivity contribution in [2.24, 2.45) is 23.7 Å². The van der Waals surface area contributed by atoms with Crippen molar-refractivity contribution in [3.63, 3.8) is 0 Å². The van der Waals surface area contributed by atoms with Crippen LogP contribution in [-0.2, 0) is 5.41 Å². The number of rotatable bonds is 4. The van der Waals surface area contributed by atoms with E-state index in [1.54, 1.807) is 11.1 Å². The summed E-state index contributed by atoms with van der Waals surface area (Å²) in [5, 5.41) is 5.22. The van der Waals surface area contributed by atoms with Gasteiger partial charge in [0.15, 0.2) is 0 Å². The molecular weight excluding hydrogens is 647 g/mol. The summed E-state index contributed by atoms with van der Waals surface area (Å²) in [6.07, 6.45) is 7.12. The Hall–Kier alpha value is -5.18. The molecule has 5 aliphatic carbocycles. The zero-order chi connectivity index (χ0) is 34.0. The van der Waals surface area contributed by atoms with Crippen LogP contribution in [0.15, 0.2) is 152 Å². The fourth-order valence-electron chi connectivity index (χ4n) is 11.8. The molecular formula is C50H39NS. The molecule has 0 N–H and O–H groups in total. The highest BCUT2D eigenvalue weighted by Crippen LogP contribution is 2.69. The minimum absolute atomic E-state index is 0.181. The van der Waals surface area contributed by atoms with Crippen molar-refractivity contribution >= 4 is 59.3 Å². The van der Waals surface area contributed by atoms with Gasteiger partial charge in [0.2, 0.25) is 0 Å². The highest BCUT2D eigenvalue weighted by atomic mass is 32.1. The average molecular weight is 686 g/mol. The van der Waals surface area contributed by atoms with Crippen LogP contribution in [-0.4, -0.2) is 0 Å². The van der Waals surface area contributed by atoms with Gasteiger partial charge in [0.05, 0.1) is 0 Å². The topological polar surface area (TPSA) is 3.24 Å². The summed E-state index contributed by atoms with van der Waals surface area (Å²) in [6.45, 7) is 0. The summed E-state index contributed by atoms with van der Waals surface area (Å²) in [6, 6.07) is 57.6. The second-order valence-corrected chi connectivity index (χ2v) is 17.2. The minimum atomic E-state index is 0.181. The van der Waals surface area contributed by atoms with Crippen molar-refractivity contribution < 1.29 is 0 Å². The number of hydrogen-bond acceptors (Lipinski definition) is 2. The molecule has 0 unspecified atom stereocenters. The fourth-order valence-corrected chi connectivity index (χ4v) is 13.1. The van der Waals surface area contributed by atoms with Crippen LogP contribution >= 0.6 is 11.3 Å². The molecule has 4 bridgehead atoms. The largest absolute Gasteiger partial charge is 0.310 e. The standard InChI is InChI=1S/C50H39NS/c1-2-9-35-29-39(21-16-33(35)8-1)51(38-19-17-34(18-20-38)41-12-7-13-44-43-11-4-6-15-48(43)52-49(41)44)40-22-23-47-45(30-40)42-10-3-5-14-46(42)50(47)36-25-31-24-32(27-36)28-37(50)26-31/h1-23,29-32,36-37H,24-28H2. The van der Waals surface area contributed by atoms with E-state index in [0.717, 1.165) is 23.7 Å². The number of anilines is 3. The molecule has 0 saturated heterocycles. The molecule has 7 aromatic carbocycles. The van der Waals surface area contributed by atoms with Crippen LogP contribution in [0.5, 0.6) is 0 Å². The Kier molecular flexibility index (Phi) is 6.17. The molecule has 0 radical (unpaired) electrons. The Bertz CT molecular complexity index is 2690. The zero-order valence-corrected chi connectivity index (χ0v) is 30.0. The van der Waals surface area contributed by atoms with Crippen molar-refractivity contribution in [3.8, 4) is 22.3 Å². The van der Waals surface area contributed by atoms with E-state index in [-0.39, 0.29) is 5.41 Å². The monoisotopic (exact) mass is 685 g/mol. The summed E-state index contributed by atoms with van der Waals surface area (Å²) in [5.41, 5.74) is 12.5. The molecule has 13 rings (SSSR count). The smallest absolute Gasteiger partial charge is 0.0468 e. The molecule has 0 atom stereocenters. The van der Waals surface area contributed by atoms with Gasteiger partial charge in [-0.25, -0.2) is 0 Å². The molecule has 8 aromatic rings. The first-order chi connectivity index (χ1) is 25.7. The average Bonchev–Trinajstić information content (AvgIpc) is 3.71. The van der Waals surface area contributed by atoms with Crippen molar-refractivity contribution in [1.29, 1.82) is 0 Å². The van der Waals surface area contributed by atoms with Crippen LogP contribution in [0.25, 0.3) is 53.2 Å². The van der Waals surface area contributed by atoms with Gasteiger partial charge in [0.1, 0.15) is 0 Å². The van der Waals surface area contributed by atoms with Crippen LogP contribution in [0.3, 0.4) is 0 Å². The van der Waals surface area contributed by atoms with Gasteiger partial charge in [-0.3, -0.25) is 0 Å². The molecule has 0 aliphatic heterocycles. The Morgan fingerprint density at radius 1 is 0.462 bits per heavy atom. The van der Waals surface area contributed by atoms with E-state index in [2.05, 4.69) is 157 Å². The first kappa shape index (κ1) is 29.4. The van der Waals surface area contributed by atoms with E-state index in [1.807, 2.05) is 11.3 Å². The van der Waals surface area contributed by atoms with Gasteiger partial charge in [-0.05, 0) is 142 Å². The van der Waals surface area contributed by atoms with Crippen molar-refractivity contribution in [2.75, 3.05) is 4.90 Å². The number of nitrogens with zero attached hydrogens (tertiary/aromatic N) is 1. The third kappa shape index (κ3) is 4.05. The van der Waals surface area contributed by atoms with Gasteiger partial charge in [-0.15, -0.1) is 11.3 Å². The van der Waals surface area contributed by atoms with Crippen LogP contribution in [0.2, 0.25) is 0 Å². The second kappa shape index (κ2) is 10.9. The third-order valence-electron chi connectivity index (χ3n) is 13.6. The maximum Gasteiger partial charge on any atom is 0.0468 e. The molecule has 1 heterocycles. The van der Waals surface area contributed by atoms with E-state index in [4.69, 9.17) is 0 Å². The number of fused-ring (bicyclic) bond motifs is 7. The number of thiophene rings is 1. The Morgan fingerprint density at radius 3 is 1.94 bits per heavy atom. The van der Waals surface area contributed by atoms with Crippen LogP contribution < -0.4 is 4.90 Å². The molecule has 250 valence electrons. The Labute approximate surface area is 309 Å². The quantitative estimate of drug-likeness (QED) is 0.178. The van der Waals surface area contributed by atoms with Crippen LogP contribution in [0.4, 0.5) is 17.1 Å². The molecule has 4 saturated carbocycles. The lowest BCUT2D eigenvalue weighted by molar-refractivity contribution is -0.0399. The van der Waals surface area contributed by atoms with Crippen molar-refractivity contribution in [3.05, 3.63) is 163 Å². The summed E-state index contributed by atoms with van der Waals surface area (Å²) in [5.74, 6) is 3.43. The Morgan fingerprint density at radius 2 is 1.10 bits per heavy atom. The molecule has 0 amide bonds. The first-order valence-corrected chi connectivity index (χ1v) is 20.1. The molecule has 2 heteroatoms. The molecule has 5 aliphatic rings. The molecule has 1 aromatic heterocycles. The zero-order valence-electron chi connectivity index (χ0n) is 29.1. The lowest BCUT2D eigenvalue weighted by Gasteiger charge is -2.61. The molecule has 1 nitrogen and oxygen atoms in total. The first-order valence-electron chi connectivity index (χ1n) is 19.3. The summed E-state index contributed by atoms with van der Waals surface area (Å²) in [7, 11) is 0. The molecule has 1 spiro atoms. The molecule has 4 fully saturated rings. The highest BCUT2D eigenvalue weighted by Gasteiger charge is 2.61. The van der Waals surface area contributed by atoms with Gasteiger partial charge in [0.25, 0.3) is 0 Å². The number of hydrogen-bond donors (Lipinski definition) is 0. The van der Waals surface area contributed by atoms with Gasteiger partial charge >= 0.3 is 0 Å². The van der Waals surface area contributed by atoms with E-state index in [1.165, 1.54) is 102 Å². The second-order valence-electron chi connectivity index (χ2n) is 16.1. The van der Waals surface area contributed by atoms with E-state index < -0.39 is 0 Å². The van der Waals surface area contributed by atoms with Gasteiger partial charge in [-0.1, -0.05) is 109 Å². The van der Waals surface area contributed by atoms with Crippen molar-refractivity contribution in [1.82, 2.24) is 0 Å². The van der Waals surface area contributed by atoms with Gasteiger partial charge in [0, 0.05) is 42.6 Å². The minimum Gasteiger partial charge on any atom is -0.310 e. The lowest BCUT2D eigenvalue weighted by atomic mass is 9.43. The SMILES string of the molecule is c1ccc2c(c1)-c1cc(N(c3ccc(-c4cccc5c4sc4ccccc45)cc3)c3ccc4ccccc4c3)ccc1C21C2CC3CC(C2)CC1C3. The van der Waals surface area contributed by atoms with E-state index >= 15 is 0 Å². The maximum atomic E-state index is 2.55. The highest BCUT2D eigenvalue weighted by molar-refractivity contribution is 7.26. The fraction of sp³-hybridized carbons (Fsp3) is 0.200. The Balaban J connectivity index is 1.02. The number of benzene rings is 7. The predicted molar refractivity (Wildman–Crippen MR) is 220 cm³/mol. The van der Waals surface area contributed by atoms with Crippen molar-refractivity contribution in [2.45, 2.75) is 37.5 Å². The van der Waals surface area contributed by atoms with E-state index in [0.29, 0.717) is 0 Å². The summed E-state index contributed by atoms with van der Waals surface area (Å²) < 4.78 is 2.71. The summed E-state index contributed by atoms with van der Waals surface area (Å²) >= 11 is 1.90. The third-order valence-corrected chi connectivity index (χ3v) is 14.8. The van der Waals surface area contributed by atoms with Crippen LogP contribution in [0.1, 0.15) is 43.2 Å². The maximum absolute atomic E-state index is 2.55. The normalized spacial score (nSPS) is 23.8. The van der Waals surface area contributed by atoms with Gasteiger partial charge in [-0.2, -0.15) is 0 Å². The van der Waals surface area contributed by atoms with E-state index in [9.17, 15) is 0 Å². The van der Waals surface area contributed by atoms with Crippen LogP contribution in [0, 0.1) is 23.7 Å². The predicted octanol–water partition coefficient (Wildman–Crippen LogP) is 14.1. The van der Waals surface area contributed by atoms with Gasteiger partial charge < -0.3 is 4.90 Å². The lowest BCUT2D eigenvalue weighted by Crippen LogP contribution is -2.55.